The third-order valence-electron chi connectivity index (χ3n) is 4.14. The highest BCUT2D eigenvalue weighted by atomic mass is 79.9. The molecule has 1 saturated carbocycles. The van der Waals surface area contributed by atoms with Crippen LogP contribution < -0.4 is 0 Å². The maximum Gasteiger partial charge on any atom is 0.0199 e. The molecule has 1 rings (SSSR count). The van der Waals surface area contributed by atoms with Gasteiger partial charge in [-0.2, -0.15) is 0 Å². The summed E-state index contributed by atoms with van der Waals surface area (Å²) in [6, 6.07) is 0. The summed E-state index contributed by atoms with van der Waals surface area (Å²) in [7, 11) is 0. The molecule has 0 heterocycles. The van der Waals surface area contributed by atoms with Crippen LogP contribution in [0.4, 0.5) is 0 Å². The smallest absolute Gasteiger partial charge is 0.0199 e. The van der Waals surface area contributed by atoms with E-state index in [1.165, 1.54) is 12.8 Å². The van der Waals surface area contributed by atoms with E-state index in [0.717, 1.165) is 5.92 Å². The number of hydrogen-bond donors (Lipinski definition) is 0. The van der Waals surface area contributed by atoms with E-state index in [0.29, 0.717) is 15.7 Å². The van der Waals surface area contributed by atoms with Crippen molar-refractivity contribution in [2.75, 3.05) is 0 Å². The summed E-state index contributed by atoms with van der Waals surface area (Å²) in [6.07, 6.45) is 2.68. The van der Waals surface area contributed by atoms with Gasteiger partial charge in [-0.3, -0.25) is 0 Å². The first-order valence-corrected chi connectivity index (χ1v) is 5.84. The van der Waals surface area contributed by atoms with Crippen LogP contribution in [0.2, 0.25) is 0 Å². The van der Waals surface area contributed by atoms with Crippen LogP contribution in [-0.2, 0) is 0 Å². The number of halogens is 1. The maximum absolute atomic E-state index is 3.80. The molecule has 1 aliphatic carbocycles. The third-order valence-corrected chi connectivity index (χ3v) is 5.78. The zero-order valence-electron chi connectivity index (χ0n) is 8.95. The summed E-state index contributed by atoms with van der Waals surface area (Å²) in [6.45, 7) is 12.0. The van der Waals surface area contributed by atoms with E-state index in [2.05, 4.69) is 50.5 Å². The summed E-state index contributed by atoms with van der Waals surface area (Å²) in [5, 5.41) is 0. The first kappa shape index (κ1) is 10.6. The van der Waals surface area contributed by atoms with Gasteiger partial charge >= 0.3 is 0 Å². The van der Waals surface area contributed by atoms with Crippen molar-refractivity contribution in [3.63, 3.8) is 0 Å². The van der Waals surface area contributed by atoms with Crippen molar-refractivity contribution in [1.82, 2.24) is 0 Å². The normalized spacial score (nSPS) is 39.5. The van der Waals surface area contributed by atoms with E-state index in [9.17, 15) is 0 Å². The van der Waals surface area contributed by atoms with Crippen LogP contribution in [0.25, 0.3) is 0 Å². The Balaban J connectivity index is 2.86. The van der Waals surface area contributed by atoms with Crippen LogP contribution in [0, 0.1) is 16.7 Å². The maximum atomic E-state index is 3.80. The zero-order valence-corrected chi connectivity index (χ0v) is 10.5. The topological polar surface area (TPSA) is 0 Å². The molecule has 2 atom stereocenters. The molecule has 72 valence electrons. The van der Waals surface area contributed by atoms with E-state index < -0.39 is 0 Å². The van der Waals surface area contributed by atoms with E-state index in [-0.39, 0.29) is 0 Å². The van der Waals surface area contributed by atoms with Gasteiger partial charge in [-0.1, -0.05) is 50.5 Å². The SMILES string of the molecule is C[C@@H]1C(C)(C)CC[C@H](Br)C1(C)C. The largest absolute Gasteiger partial charge is 0.0885 e. The zero-order chi connectivity index (χ0) is 9.57. The van der Waals surface area contributed by atoms with Gasteiger partial charge < -0.3 is 0 Å². The lowest BCUT2D eigenvalue weighted by Gasteiger charge is -2.50. The van der Waals surface area contributed by atoms with Gasteiger partial charge in [-0.25, -0.2) is 0 Å². The van der Waals surface area contributed by atoms with E-state index in [1.54, 1.807) is 0 Å². The van der Waals surface area contributed by atoms with Crippen molar-refractivity contribution >= 4 is 15.9 Å². The van der Waals surface area contributed by atoms with Crippen molar-refractivity contribution in [2.45, 2.75) is 52.3 Å². The van der Waals surface area contributed by atoms with Crippen molar-refractivity contribution in [3.05, 3.63) is 0 Å². The van der Waals surface area contributed by atoms with Gasteiger partial charge in [0.25, 0.3) is 0 Å². The fraction of sp³-hybridized carbons (Fsp3) is 1.00. The van der Waals surface area contributed by atoms with Crippen LogP contribution in [0.1, 0.15) is 47.5 Å². The lowest BCUT2D eigenvalue weighted by atomic mass is 9.58. The molecule has 1 fully saturated rings. The first-order chi connectivity index (χ1) is 5.28. The first-order valence-electron chi connectivity index (χ1n) is 4.92. The van der Waals surface area contributed by atoms with Crippen LogP contribution in [0.15, 0.2) is 0 Å². The summed E-state index contributed by atoms with van der Waals surface area (Å²) < 4.78 is 0. The number of hydrogen-bond acceptors (Lipinski definition) is 0. The molecule has 1 aliphatic rings. The minimum Gasteiger partial charge on any atom is -0.0885 e. The standard InChI is InChI=1S/C11H21Br/c1-8-10(2,3)7-6-9(12)11(8,4)5/h8-9H,6-7H2,1-5H3/t8-,9+/m1/s1. The van der Waals surface area contributed by atoms with Crippen LogP contribution in [-0.4, -0.2) is 4.83 Å². The molecule has 0 aromatic rings. The van der Waals surface area contributed by atoms with Gasteiger partial charge in [0.15, 0.2) is 0 Å². The molecular weight excluding hydrogens is 212 g/mol. The van der Waals surface area contributed by atoms with Crippen LogP contribution in [0.5, 0.6) is 0 Å². The van der Waals surface area contributed by atoms with Gasteiger partial charge in [-0.05, 0) is 29.6 Å². The molecule has 12 heavy (non-hydrogen) atoms. The highest BCUT2D eigenvalue weighted by molar-refractivity contribution is 9.09. The molecule has 1 heteroatoms. The molecule has 0 nitrogen and oxygen atoms in total. The molecule has 0 spiro atoms. The monoisotopic (exact) mass is 232 g/mol. The number of alkyl halides is 1. The molecule has 0 aliphatic heterocycles. The molecule has 0 bridgehead atoms. The average Bonchev–Trinajstić information content (AvgIpc) is 1.96. The van der Waals surface area contributed by atoms with Gasteiger partial charge in [0.1, 0.15) is 0 Å². The Morgan fingerprint density at radius 1 is 1.17 bits per heavy atom. The van der Waals surface area contributed by atoms with Crippen LogP contribution >= 0.6 is 15.9 Å². The molecule has 0 saturated heterocycles. The van der Waals surface area contributed by atoms with Crippen molar-refractivity contribution in [2.24, 2.45) is 16.7 Å². The second-order valence-corrected chi connectivity index (χ2v) is 6.64. The number of rotatable bonds is 0. The highest BCUT2D eigenvalue weighted by Gasteiger charge is 2.45. The average molecular weight is 233 g/mol. The Bertz CT molecular complexity index is 170. The molecule has 0 unspecified atom stereocenters. The Morgan fingerprint density at radius 3 is 2.08 bits per heavy atom. The fourth-order valence-electron chi connectivity index (χ4n) is 2.37. The Morgan fingerprint density at radius 2 is 1.67 bits per heavy atom. The predicted molar refractivity (Wildman–Crippen MR) is 58.7 cm³/mol. The molecule has 0 N–H and O–H groups in total. The van der Waals surface area contributed by atoms with Gasteiger partial charge in [0, 0.05) is 4.83 Å². The summed E-state index contributed by atoms with van der Waals surface area (Å²) in [5.41, 5.74) is 0.968. The highest BCUT2D eigenvalue weighted by Crippen LogP contribution is 2.52. The minimum absolute atomic E-state index is 0.446. The van der Waals surface area contributed by atoms with E-state index in [4.69, 9.17) is 0 Å². The Hall–Kier alpha value is 0.480. The molecule has 0 amide bonds. The van der Waals surface area contributed by atoms with E-state index in [1.807, 2.05) is 0 Å². The van der Waals surface area contributed by atoms with Crippen molar-refractivity contribution in [3.8, 4) is 0 Å². The minimum atomic E-state index is 0.446. The molecular formula is C11H21Br. The fourth-order valence-corrected chi connectivity index (χ4v) is 2.99. The van der Waals surface area contributed by atoms with Crippen molar-refractivity contribution < 1.29 is 0 Å². The second-order valence-electron chi connectivity index (χ2n) is 5.54. The van der Waals surface area contributed by atoms with E-state index >= 15 is 0 Å². The quantitative estimate of drug-likeness (QED) is 0.549. The van der Waals surface area contributed by atoms with Crippen molar-refractivity contribution in [1.29, 1.82) is 0 Å². The molecule has 0 aromatic heterocycles. The van der Waals surface area contributed by atoms with Crippen LogP contribution in [0.3, 0.4) is 0 Å². The third kappa shape index (κ3) is 1.57. The van der Waals surface area contributed by atoms with Gasteiger partial charge in [0.05, 0.1) is 0 Å². The predicted octanol–water partition coefficient (Wildman–Crippen LogP) is 4.23. The molecule has 0 aromatic carbocycles. The lowest BCUT2D eigenvalue weighted by Crippen LogP contribution is -2.44. The summed E-state index contributed by atoms with van der Waals surface area (Å²) in [4.78, 5) is 0.702. The second kappa shape index (κ2) is 3.01. The Kier molecular flexibility index (Phi) is 2.65. The van der Waals surface area contributed by atoms with Gasteiger partial charge in [-0.15, -0.1) is 0 Å². The summed E-state index contributed by atoms with van der Waals surface area (Å²) in [5.74, 6) is 0.795. The van der Waals surface area contributed by atoms with Gasteiger partial charge in [0.2, 0.25) is 0 Å². The lowest BCUT2D eigenvalue weighted by molar-refractivity contribution is 0.0368. The summed E-state index contributed by atoms with van der Waals surface area (Å²) >= 11 is 3.80. The Labute approximate surface area is 85.3 Å². The molecule has 0 radical (unpaired) electrons.